The number of ether oxygens (including phenoxy) is 1. The summed E-state index contributed by atoms with van der Waals surface area (Å²) in [4.78, 5) is 23.9. The Kier molecular flexibility index (Phi) is 6.29. The monoisotopic (exact) mass is 432 g/mol. The number of nitrogens with one attached hydrogen (secondary N) is 3. The summed E-state index contributed by atoms with van der Waals surface area (Å²) < 4.78 is 34.0. The molecule has 1 unspecified atom stereocenters. The van der Waals surface area contributed by atoms with E-state index >= 15 is 0 Å². The predicted molar refractivity (Wildman–Crippen MR) is 105 cm³/mol. The van der Waals surface area contributed by atoms with Crippen molar-refractivity contribution in [1.29, 1.82) is 0 Å². The minimum Gasteiger partial charge on any atom is -0.496 e. The first-order valence-corrected chi connectivity index (χ1v) is 10.2. The Labute approximate surface area is 170 Å². The van der Waals surface area contributed by atoms with Gasteiger partial charge in [-0.2, -0.15) is 0 Å². The highest BCUT2D eigenvalue weighted by Crippen LogP contribution is 2.35. The number of amides is 3. The van der Waals surface area contributed by atoms with Crippen LogP contribution in [0, 0.1) is 0 Å². The molecule has 156 valence electrons. The van der Waals surface area contributed by atoms with Gasteiger partial charge in [-0.25, -0.2) is 17.9 Å². The average Bonchev–Trinajstić information content (AvgIpc) is 3.19. The van der Waals surface area contributed by atoms with Gasteiger partial charge in [0.15, 0.2) is 0 Å². The van der Waals surface area contributed by atoms with E-state index in [1.54, 1.807) is 0 Å². The second-order valence-corrected chi connectivity index (χ2v) is 8.87. The third kappa shape index (κ3) is 3.82. The van der Waals surface area contributed by atoms with Gasteiger partial charge in [0.05, 0.1) is 12.0 Å². The van der Waals surface area contributed by atoms with Crippen molar-refractivity contribution in [2.45, 2.75) is 48.6 Å². The molecule has 11 heteroatoms. The van der Waals surface area contributed by atoms with Gasteiger partial charge in [-0.1, -0.05) is 12.8 Å². The molecule has 1 aromatic rings. The molecule has 2 fully saturated rings. The van der Waals surface area contributed by atoms with Crippen molar-refractivity contribution in [2.24, 2.45) is 5.73 Å². The van der Waals surface area contributed by atoms with E-state index in [1.165, 1.54) is 32.2 Å². The number of halogens is 1. The fourth-order valence-corrected chi connectivity index (χ4v) is 5.22. The first-order valence-electron chi connectivity index (χ1n) is 8.72. The summed E-state index contributed by atoms with van der Waals surface area (Å²) in [6, 6.07) is 3.58. The molecule has 1 saturated carbocycles. The molecule has 0 bridgehead atoms. The molecular weight excluding hydrogens is 408 g/mol. The quantitative estimate of drug-likeness (QED) is 0.488. The predicted octanol–water partition coefficient (Wildman–Crippen LogP) is 0.721. The topological polar surface area (TPSA) is 140 Å². The molecule has 1 heterocycles. The summed E-state index contributed by atoms with van der Waals surface area (Å²) in [7, 11) is -2.47. The van der Waals surface area contributed by atoms with Crippen LogP contribution in [-0.4, -0.2) is 39.5 Å². The van der Waals surface area contributed by atoms with E-state index in [-0.39, 0.29) is 29.4 Å². The van der Waals surface area contributed by atoms with Crippen LogP contribution in [0.5, 0.6) is 5.75 Å². The second-order valence-electron chi connectivity index (χ2n) is 7.19. The van der Waals surface area contributed by atoms with E-state index in [1.807, 2.05) is 0 Å². The third-order valence-electron chi connectivity index (χ3n) is 5.37. The van der Waals surface area contributed by atoms with Crippen molar-refractivity contribution in [3.8, 4) is 5.75 Å². The van der Waals surface area contributed by atoms with Gasteiger partial charge in [-0.15, -0.1) is 12.4 Å². The Balaban J connectivity index is 0.00000280. The van der Waals surface area contributed by atoms with Crippen molar-refractivity contribution in [3.05, 3.63) is 23.8 Å². The van der Waals surface area contributed by atoms with Crippen LogP contribution in [0.25, 0.3) is 0 Å². The number of sulfonamides is 1. The van der Waals surface area contributed by atoms with Crippen LogP contribution < -0.4 is 25.8 Å². The van der Waals surface area contributed by atoms with Crippen LogP contribution in [0.3, 0.4) is 0 Å². The van der Waals surface area contributed by atoms with Crippen molar-refractivity contribution in [2.75, 3.05) is 13.7 Å². The van der Waals surface area contributed by atoms with E-state index in [0.29, 0.717) is 18.6 Å². The zero-order valence-electron chi connectivity index (χ0n) is 15.7. The molecule has 1 saturated heterocycles. The fraction of sp³-hybridized carbons (Fsp3) is 0.529. The number of imide groups is 1. The molecule has 1 aliphatic heterocycles. The van der Waals surface area contributed by atoms with Crippen molar-refractivity contribution < 1.29 is 22.7 Å². The van der Waals surface area contributed by atoms with Gasteiger partial charge in [0.1, 0.15) is 11.3 Å². The zero-order valence-corrected chi connectivity index (χ0v) is 17.3. The summed E-state index contributed by atoms with van der Waals surface area (Å²) in [6.45, 7) is 1.71. The van der Waals surface area contributed by atoms with Gasteiger partial charge in [-0.3, -0.25) is 10.1 Å². The number of hydrogen-bond acceptors (Lipinski definition) is 6. The van der Waals surface area contributed by atoms with Crippen LogP contribution in [0.1, 0.15) is 38.2 Å². The SMILES string of the molecule is COc1ccc(S(=O)(=O)NC2(CN)CCCC2)cc1C1(C)NC(=O)NC1=O.Cl. The third-order valence-corrected chi connectivity index (χ3v) is 6.94. The van der Waals surface area contributed by atoms with Crippen molar-refractivity contribution in [1.82, 2.24) is 15.4 Å². The molecule has 0 radical (unpaired) electrons. The first kappa shape index (κ1) is 22.4. The lowest BCUT2D eigenvalue weighted by atomic mass is 9.91. The van der Waals surface area contributed by atoms with Gasteiger partial charge in [0, 0.05) is 17.6 Å². The molecule has 1 aromatic carbocycles. The number of nitrogens with two attached hydrogens (primary N) is 1. The zero-order chi connectivity index (χ0) is 19.9. The van der Waals surface area contributed by atoms with E-state index in [0.717, 1.165) is 12.8 Å². The lowest BCUT2D eigenvalue weighted by molar-refractivity contribution is -0.123. The molecule has 0 aromatic heterocycles. The van der Waals surface area contributed by atoms with Crippen molar-refractivity contribution in [3.63, 3.8) is 0 Å². The van der Waals surface area contributed by atoms with Gasteiger partial charge in [0.2, 0.25) is 10.0 Å². The maximum atomic E-state index is 13.0. The minimum absolute atomic E-state index is 0. The maximum Gasteiger partial charge on any atom is 0.322 e. The number of methoxy groups -OCH3 is 1. The van der Waals surface area contributed by atoms with E-state index in [4.69, 9.17) is 10.5 Å². The highest BCUT2D eigenvalue weighted by atomic mass is 35.5. The Morgan fingerprint density at radius 3 is 2.39 bits per heavy atom. The molecule has 2 aliphatic rings. The number of rotatable bonds is 6. The largest absolute Gasteiger partial charge is 0.496 e. The van der Waals surface area contributed by atoms with E-state index < -0.39 is 33.0 Å². The summed E-state index contributed by atoms with van der Waals surface area (Å²) in [5.41, 5.74) is 4.00. The summed E-state index contributed by atoms with van der Waals surface area (Å²) in [5, 5.41) is 4.69. The first-order chi connectivity index (χ1) is 12.7. The van der Waals surface area contributed by atoms with Crippen LogP contribution >= 0.6 is 12.4 Å². The smallest absolute Gasteiger partial charge is 0.322 e. The molecule has 0 spiro atoms. The van der Waals surface area contributed by atoms with Gasteiger partial charge >= 0.3 is 6.03 Å². The molecule has 3 rings (SSSR count). The Bertz CT molecular complexity index is 886. The minimum atomic E-state index is -3.88. The van der Waals surface area contributed by atoms with Gasteiger partial charge in [0.25, 0.3) is 5.91 Å². The maximum absolute atomic E-state index is 13.0. The Morgan fingerprint density at radius 1 is 1.25 bits per heavy atom. The lowest BCUT2D eigenvalue weighted by Crippen LogP contribution is -2.51. The van der Waals surface area contributed by atoms with Gasteiger partial charge < -0.3 is 15.8 Å². The van der Waals surface area contributed by atoms with Crippen LogP contribution in [-0.2, 0) is 20.4 Å². The number of urea groups is 1. The molecule has 1 atom stereocenters. The molecule has 1 aliphatic carbocycles. The lowest BCUT2D eigenvalue weighted by Gasteiger charge is -2.29. The molecular formula is C17H25ClN4O5S. The van der Waals surface area contributed by atoms with Gasteiger partial charge in [-0.05, 0) is 38.0 Å². The van der Waals surface area contributed by atoms with Crippen LogP contribution in [0.2, 0.25) is 0 Å². The molecule has 3 amide bonds. The number of benzene rings is 1. The van der Waals surface area contributed by atoms with Crippen molar-refractivity contribution >= 4 is 34.4 Å². The van der Waals surface area contributed by atoms with Crippen LogP contribution in [0.4, 0.5) is 4.79 Å². The summed E-state index contributed by atoms with van der Waals surface area (Å²) >= 11 is 0. The van der Waals surface area contributed by atoms with E-state index in [9.17, 15) is 18.0 Å². The highest BCUT2D eigenvalue weighted by molar-refractivity contribution is 7.89. The second kappa shape index (κ2) is 7.86. The average molecular weight is 433 g/mol. The standard InChI is InChI=1S/C17H24N4O5S.ClH/c1-16(14(22)19-15(23)20-16)12-9-11(5-6-13(12)26-2)27(24,25)21-17(10-18)7-3-4-8-17;/h5-6,9,21H,3-4,7-8,10,18H2,1-2H3,(H2,19,20,22,23);1H. The summed E-state index contributed by atoms with van der Waals surface area (Å²) in [6.07, 6.45) is 3.19. The molecule has 9 nitrogen and oxygen atoms in total. The number of hydrogen-bond donors (Lipinski definition) is 4. The normalized spacial score (nSPS) is 23.7. The summed E-state index contributed by atoms with van der Waals surface area (Å²) in [5.74, 6) is -0.286. The van der Waals surface area contributed by atoms with E-state index in [2.05, 4.69) is 15.4 Å². The highest BCUT2D eigenvalue weighted by Gasteiger charge is 2.46. The Morgan fingerprint density at radius 2 is 1.89 bits per heavy atom. The number of carbonyl (C=O) groups excluding carboxylic acids is 2. The molecule has 28 heavy (non-hydrogen) atoms. The molecule has 5 N–H and O–H groups in total. The van der Waals surface area contributed by atoms with Crippen LogP contribution in [0.15, 0.2) is 23.1 Å². The number of carbonyl (C=O) groups is 2. The Hall–Kier alpha value is -1.88. The fourth-order valence-electron chi connectivity index (χ4n) is 3.72.